The number of carbonyl (C=O) groups is 2. The Morgan fingerprint density at radius 2 is 1.76 bits per heavy atom. The van der Waals surface area contributed by atoms with Crippen molar-refractivity contribution in [3.63, 3.8) is 0 Å². The Morgan fingerprint density at radius 3 is 2.41 bits per heavy atom. The molecule has 0 radical (unpaired) electrons. The third-order valence-corrected chi connectivity index (χ3v) is 5.24. The van der Waals surface area contributed by atoms with Crippen LogP contribution >= 0.6 is 0 Å². The third-order valence-electron chi connectivity index (χ3n) is 5.24. The van der Waals surface area contributed by atoms with Crippen molar-refractivity contribution >= 4 is 11.8 Å². The van der Waals surface area contributed by atoms with Crippen molar-refractivity contribution in [3.05, 3.63) is 65.2 Å². The van der Waals surface area contributed by atoms with Gasteiger partial charge in [0.05, 0.1) is 5.56 Å². The quantitative estimate of drug-likeness (QED) is 0.726. The van der Waals surface area contributed by atoms with Crippen LogP contribution in [-0.4, -0.2) is 41.5 Å². The van der Waals surface area contributed by atoms with Crippen molar-refractivity contribution in [2.45, 2.75) is 31.6 Å². The van der Waals surface area contributed by atoms with E-state index in [1.807, 2.05) is 17.0 Å². The fourth-order valence-electron chi connectivity index (χ4n) is 3.58. The van der Waals surface area contributed by atoms with Crippen LogP contribution in [0.3, 0.4) is 0 Å². The second-order valence-electron chi connectivity index (χ2n) is 7.23. The zero-order valence-electron chi connectivity index (χ0n) is 16.0. The van der Waals surface area contributed by atoms with Crippen LogP contribution in [0.1, 0.15) is 47.5 Å². The molecule has 0 unspecified atom stereocenters. The molecule has 1 heterocycles. The van der Waals surface area contributed by atoms with Gasteiger partial charge in [-0.1, -0.05) is 12.1 Å². The van der Waals surface area contributed by atoms with Crippen molar-refractivity contribution in [2.75, 3.05) is 19.6 Å². The summed E-state index contributed by atoms with van der Waals surface area (Å²) in [6, 6.07) is 10.00. The molecule has 0 spiro atoms. The SMILES string of the molecule is O=C(NCCCC(=O)N1CCC(c2ccc(O)cc2)CC1)c1ccc(F)cc1F. The Balaban J connectivity index is 1.38. The van der Waals surface area contributed by atoms with Crippen molar-refractivity contribution in [1.82, 2.24) is 10.2 Å². The molecular weight excluding hydrogens is 378 g/mol. The van der Waals surface area contributed by atoms with Gasteiger partial charge in [0, 0.05) is 32.1 Å². The number of hydrogen-bond donors (Lipinski definition) is 2. The second-order valence-corrected chi connectivity index (χ2v) is 7.23. The summed E-state index contributed by atoms with van der Waals surface area (Å²) < 4.78 is 26.5. The number of rotatable bonds is 6. The molecule has 0 bridgehead atoms. The minimum Gasteiger partial charge on any atom is -0.508 e. The van der Waals surface area contributed by atoms with Gasteiger partial charge in [0.1, 0.15) is 17.4 Å². The fraction of sp³-hybridized carbons (Fsp3) is 0.364. The minimum absolute atomic E-state index is 0.0383. The monoisotopic (exact) mass is 402 g/mol. The van der Waals surface area contributed by atoms with Crippen LogP contribution in [0.4, 0.5) is 8.78 Å². The molecular formula is C22H24F2N2O3. The molecule has 0 saturated carbocycles. The predicted octanol–water partition coefficient (Wildman–Crippen LogP) is 3.59. The summed E-state index contributed by atoms with van der Waals surface area (Å²) in [5, 5.41) is 11.9. The van der Waals surface area contributed by atoms with Gasteiger partial charge in [-0.2, -0.15) is 0 Å². The van der Waals surface area contributed by atoms with Gasteiger partial charge in [-0.15, -0.1) is 0 Å². The van der Waals surface area contributed by atoms with Gasteiger partial charge >= 0.3 is 0 Å². The van der Waals surface area contributed by atoms with Crippen molar-refractivity contribution in [3.8, 4) is 5.75 Å². The second kappa shape index (κ2) is 9.49. The van der Waals surface area contributed by atoms with Gasteiger partial charge < -0.3 is 15.3 Å². The van der Waals surface area contributed by atoms with E-state index in [0.29, 0.717) is 37.9 Å². The molecule has 1 aliphatic rings. The lowest BCUT2D eigenvalue weighted by Gasteiger charge is -2.32. The standard InChI is InChI=1S/C22H24F2N2O3/c23-17-5-8-19(20(24)14-17)22(29)25-11-1-2-21(28)26-12-9-16(10-13-26)15-3-6-18(27)7-4-15/h3-8,14,16,27H,1-2,9-13H2,(H,25,29). The van der Waals surface area contributed by atoms with Gasteiger partial charge in [0.2, 0.25) is 5.91 Å². The molecule has 0 aromatic heterocycles. The van der Waals surface area contributed by atoms with Gasteiger partial charge in [-0.05, 0) is 55.0 Å². The summed E-state index contributed by atoms with van der Waals surface area (Å²) in [6.07, 6.45) is 2.50. The highest BCUT2D eigenvalue weighted by atomic mass is 19.1. The zero-order valence-corrected chi connectivity index (χ0v) is 16.0. The maximum absolute atomic E-state index is 13.6. The number of halogens is 2. The van der Waals surface area contributed by atoms with Crippen molar-refractivity contribution < 1.29 is 23.5 Å². The molecule has 2 aromatic rings. The van der Waals surface area contributed by atoms with Crippen LogP contribution in [0.2, 0.25) is 0 Å². The lowest BCUT2D eigenvalue weighted by molar-refractivity contribution is -0.132. The molecule has 2 amide bonds. The smallest absolute Gasteiger partial charge is 0.254 e. The van der Waals surface area contributed by atoms with Crippen molar-refractivity contribution in [2.24, 2.45) is 0 Å². The summed E-state index contributed by atoms with van der Waals surface area (Å²) in [5.41, 5.74) is 0.958. The summed E-state index contributed by atoms with van der Waals surface area (Å²) in [4.78, 5) is 26.1. The highest BCUT2D eigenvalue weighted by Gasteiger charge is 2.23. The van der Waals surface area contributed by atoms with Crippen LogP contribution < -0.4 is 5.32 Å². The van der Waals surface area contributed by atoms with E-state index < -0.39 is 17.5 Å². The summed E-state index contributed by atoms with van der Waals surface area (Å²) in [6.45, 7) is 1.60. The summed E-state index contributed by atoms with van der Waals surface area (Å²) in [5.74, 6) is -1.60. The number of amides is 2. The maximum Gasteiger partial charge on any atom is 0.254 e. The highest BCUT2D eigenvalue weighted by molar-refractivity contribution is 5.94. The minimum atomic E-state index is -0.907. The number of benzene rings is 2. The van der Waals surface area contributed by atoms with Gasteiger partial charge in [-0.25, -0.2) is 8.78 Å². The highest BCUT2D eigenvalue weighted by Crippen LogP contribution is 2.29. The largest absolute Gasteiger partial charge is 0.508 e. The number of hydrogen-bond acceptors (Lipinski definition) is 3. The van der Waals surface area contributed by atoms with E-state index >= 15 is 0 Å². The van der Waals surface area contributed by atoms with Crippen LogP contribution in [0.15, 0.2) is 42.5 Å². The molecule has 154 valence electrons. The lowest BCUT2D eigenvalue weighted by Crippen LogP contribution is -2.38. The van der Waals surface area contributed by atoms with Gasteiger partial charge in [0.25, 0.3) is 5.91 Å². The number of phenolic OH excluding ortho intramolecular Hbond substituents is 1. The van der Waals surface area contributed by atoms with Gasteiger partial charge in [0.15, 0.2) is 0 Å². The number of carbonyl (C=O) groups excluding carboxylic acids is 2. The molecule has 2 N–H and O–H groups in total. The Hall–Kier alpha value is -2.96. The summed E-state index contributed by atoms with van der Waals surface area (Å²) >= 11 is 0. The molecule has 7 heteroatoms. The molecule has 1 saturated heterocycles. The molecule has 5 nitrogen and oxygen atoms in total. The molecule has 0 atom stereocenters. The van der Waals surface area contributed by atoms with Crippen LogP contribution in [0.25, 0.3) is 0 Å². The van der Waals surface area contributed by atoms with E-state index in [4.69, 9.17) is 0 Å². The topological polar surface area (TPSA) is 69.6 Å². The third kappa shape index (κ3) is 5.53. The Kier molecular flexibility index (Phi) is 6.80. The number of aromatic hydroxyl groups is 1. The normalized spacial score (nSPS) is 14.6. The Bertz CT molecular complexity index is 863. The lowest BCUT2D eigenvalue weighted by atomic mass is 9.89. The van der Waals surface area contributed by atoms with E-state index in [1.54, 1.807) is 12.1 Å². The number of phenols is 1. The molecule has 1 fully saturated rings. The van der Waals surface area contributed by atoms with E-state index in [1.165, 1.54) is 5.56 Å². The molecule has 0 aliphatic carbocycles. The van der Waals surface area contributed by atoms with E-state index in [9.17, 15) is 23.5 Å². The molecule has 1 aliphatic heterocycles. The van der Waals surface area contributed by atoms with Crippen LogP contribution in [0.5, 0.6) is 5.75 Å². The molecule has 29 heavy (non-hydrogen) atoms. The first-order valence-corrected chi connectivity index (χ1v) is 9.74. The summed E-state index contributed by atoms with van der Waals surface area (Å²) in [7, 11) is 0. The average molecular weight is 402 g/mol. The van der Waals surface area contributed by atoms with Crippen LogP contribution in [0, 0.1) is 11.6 Å². The Labute approximate surface area is 168 Å². The number of nitrogens with one attached hydrogen (secondary N) is 1. The van der Waals surface area contributed by atoms with E-state index in [2.05, 4.69) is 5.32 Å². The molecule has 3 rings (SSSR count). The fourth-order valence-corrected chi connectivity index (χ4v) is 3.58. The van der Waals surface area contributed by atoms with Crippen molar-refractivity contribution in [1.29, 1.82) is 0 Å². The zero-order chi connectivity index (χ0) is 20.8. The first-order valence-electron chi connectivity index (χ1n) is 9.74. The van der Waals surface area contributed by atoms with E-state index in [0.717, 1.165) is 25.0 Å². The first kappa shape index (κ1) is 20.8. The van der Waals surface area contributed by atoms with E-state index in [-0.39, 0.29) is 23.8 Å². The predicted molar refractivity (Wildman–Crippen MR) is 105 cm³/mol. The number of piperidine rings is 1. The number of nitrogens with zero attached hydrogens (tertiary/aromatic N) is 1. The maximum atomic E-state index is 13.6. The number of likely N-dealkylation sites (tertiary alicyclic amines) is 1. The van der Waals surface area contributed by atoms with Gasteiger partial charge in [-0.3, -0.25) is 9.59 Å². The average Bonchev–Trinajstić information content (AvgIpc) is 2.71. The Morgan fingerprint density at radius 1 is 1.07 bits per heavy atom. The molecule has 2 aromatic carbocycles. The van der Waals surface area contributed by atoms with Crippen LogP contribution in [-0.2, 0) is 4.79 Å². The first-order chi connectivity index (χ1) is 13.9.